The number of nitrogens with zero attached hydrogens (tertiary/aromatic N) is 1. The molecule has 2 aliphatic rings. The van der Waals surface area contributed by atoms with Gasteiger partial charge in [0.2, 0.25) is 10.0 Å². The van der Waals surface area contributed by atoms with Gasteiger partial charge in [0.25, 0.3) is 0 Å². The number of amides is 1. The fraction of sp³-hybridized carbons (Fsp3) is 0.263. The van der Waals surface area contributed by atoms with Crippen molar-refractivity contribution >= 4 is 27.6 Å². The van der Waals surface area contributed by atoms with Crippen molar-refractivity contribution in [2.24, 2.45) is 0 Å². The lowest BCUT2D eigenvalue weighted by Crippen LogP contribution is -2.39. The number of rotatable bonds is 3. The van der Waals surface area contributed by atoms with E-state index in [0.717, 1.165) is 11.1 Å². The van der Waals surface area contributed by atoms with E-state index < -0.39 is 22.2 Å². The largest absolute Gasteiger partial charge is 0.453 e. The maximum Gasteiger partial charge on any atom is 0.411 e. The Morgan fingerprint density at radius 1 is 1.19 bits per heavy atom. The standard InChI is InChI=1S/C19H18N2O5S/c1-26-19(23)20-13-5-7-14(8-6-13)27(24,25)21-10-9-12-3-2-4-15-17(22)11-16(21)18(12)15/h2-8,16H,9-11H2,1H3,(H,20,23). The summed E-state index contributed by atoms with van der Waals surface area (Å²) in [5.74, 6) is -0.0171. The first-order valence-corrected chi connectivity index (χ1v) is 9.97. The third-order valence-corrected chi connectivity index (χ3v) is 6.97. The number of hydrogen-bond acceptors (Lipinski definition) is 5. The number of nitrogens with one attached hydrogen (secondary N) is 1. The molecule has 0 saturated heterocycles. The van der Waals surface area contributed by atoms with Crippen LogP contribution in [0, 0.1) is 0 Å². The van der Waals surface area contributed by atoms with Crippen LogP contribution in [0.25, 0.3) is 0 Å². The molecule has 1 aliphatic carbocycles. The minimum Gasteiger partial charge on any atom is -0.453 e. The van der Waals surface area contributed by atoms with E-state index in [-0.39, 0.29) is 17.1 Å². The van der Waals surface area contributed by atoms with Crippen molar-refractivity contribution in [3.05, 3.63) is 59.2 Å². The predicted octanol–water partition coefficient (Wildman–Crippen LogP) is 2.74. The molecular formula is C19H18N2O5S. The number of Topliss-reactive ketones (excluding diaryl/α,β-unsaturated/α-hetero) is 1. The molecule has 1 atom stereocenters. The average Bonchev–Trinajstić information content (AvgIpc) is 3.00. The lowest BCUT2D eigenvalue weighted by atomic mass is 9.95. The van der Waals surface area contributed by atoms with Crippen molar-refractivity contribution < 1.29 is 22.7 Å². The molecule has 1 amide bonds. The Kier molecular flexibility index (Phi) is 4.24. The number of ether oxygens (including phenoxy) is 1. The van der Waals surface area contributed by atoms with E-state index in [1.54, 1.807) is 6.07 Å². The van der Waals surface area contributed by atoms with Gasteiger partial charge in [0.1, 0.15) is 0 Å². The molecule has 0 saturated carbocycles. The Labute approximate surface area is 157 Å². The van der Waals surface area contributed by atoms with E-state index in [4.69, 9.17) is 0 Å². The lowest BCUT2D eigenvalue weighted by molar-refractivity contribution is 0.0975. The number of anilines is 1. The quantitative estimate of drug-likeness (QED) is 0.876. The molecule has 8 heteroatoms. The fourth-order valence-corrected chi connectivity index (χ4v) is 5.39. The van der Waals surface area contributed by atoms with Crippen LogP contribution in [-0.2, 0) is 21.2 Å². The van der Waals surface area contributed by atoms with Crippen LogP contribution in [0.15, 0.2) is 47.4 Å². The number of carbonyl (C=O) groups excluding carboxylic acids is 2. The first-order chi connectivity index (χ1) is 12.9. The van der Waals surface area contributed by atoms with E-state index in [2.05, 4.69) is 10.1 Å². The highest BCUT2D eigenvalue weighted by Gasteiger charge is 2.43. The normalized spacial score (nSPS) is 18.9. The second-order valence-electron chi connectivity index (χ2n) is 6.53. The average molecular weight is 386 g/mol. The maximum absolute atomic E-state index is 13.2. The van der Waals surface area contributed by atoms with Gasteiger partial charge in [-0.25, -0.2) is 13.2 Å². The number of benzene rings is 2. The van der Waals surface area contributed by atoms with Crippen LogP contribution in [0.4, 0.5) is 10.5 Å². The zero-order chi connectivity index (χ0) is 19.2. The molecule has 1 aliphatic heterocycles. The summed E-state index contributed by atoms with van der Waals surface area (Å²) < 4.78 is 32.3. The first kappa shape index (κ1) is 17.7. The second-order valence-corrected chi connectivity index (χ2v) is 8.42. The molecule has 0 spiro atoms. The fourth-order valence-electron chi connectivity index (χ4n) is 3.79. The Morgan fingerprint density at radius 2 is 1.93 bits per heavy atom. The van der Waals surface area contributed by atoms with Crippen LogP contribution in [-0.4, -0.2) is 38.3 Å². The molecule has 27 heavy (non-hydrogen) atoms. The van der Waals surface area contributed by atoms with Crippen LogP contribution in [0.5, 0.6) is 0 Å². The third-order valence-electron chi connectivity index (χ3n) is 5.05. The van der Waals surface area contributed by atoms with Crippen molar-refractivity contribution in [1.82, 2.24) is 4.31 Å². The molecule has 0 fully saturated rings. The number of carbonyl (C=O) groups is 2. The summed E-state index contributed by atoms with van der Waals surface area (Å²) in [4.78, 5) is 23.7. The van der Waals surface area contributed by atoms with Crippen molar-refractivity contribution in [3.8, 4) is 0 Å². The Bertz CT molecular complexity index is 1030. The Balaban J connectivity index is 1.66. The molecule has 0 bridgehead atoms. The topological polar surface area (TPSA) is 92.8 Å². The minimum atomic E-state index is -3.77. The molecule has 7 nitrogen and oxygen atoms in total. The van der Waals surface area contributed by atoms with Crippen molar-refractivity contribution in [3.63, 3.8) is 0 Å². The summed E-state index contributed by atoms with van der Waals surface area (Å²) >= 11 is 0. The number of methoxy groups -OCH3 is 1. The molecule has 2 aromatic rings. The molecule has 4 rings (SSSR count). The van der Waals surface area contributed by atoms with Gasteiger partial charge in [0.15, 0.2) is 5.78 Å². The van der Waals surface area contributed by atoms with E-state index in [1.165, 1.54) is 35.7 Å². The van der Waals surface area contributed by atoms with E-state index >= 15 is 0 Å². The number of ketones is 1. The lowest BCUT2D eigenvalue weighted by Gasteiger charge is -2.33. The van der Waals surface area contributed by atoms with Gasteiger partial charge in [-0.2, -0.15) is 4.31 Å². The summed E-state index contributed by atoms with van der Waals surface area (Å²) in [6.07, 6.45) is 0.122. The Morgan fingerprint density at radius 3 is 2.63 bits per heavy atom. The summed E-state index contributed by atoms with van der Waals surface area (Å²) in [5, 5.41) is 2.48. The molecular weight excluding hydrogens is 368 g/mol. The third kappa shape index (κ3) is 2.90. The first-order valence-electron chi connectivity index (χ1n) is 8.53. The van der Waals surface area contributed by atoms with Gasteiger partial charge < -0.3 is 4.74 Å². The molecule has 1 heterocycles. The summed E-state index contributed by atoms with van der Waals surface area (Å²) in [6, 6.07) is 11.0. The SMILES string of the molecule is COC(=O)Nc1ccc(S(=O)(=O)N2CCc3cccc4c3C2CC4=O)cc1. The van der Waals surface area contributed by atoms with Gasteiger partial charge >= 0.3 is 6.09 Å². The van der Waals surface area contributed by atoms with Crippen LogP contribution >= 0.6 is 0 Å². The molecule has 0 radical (unpaired) electrons. The minimum absolute atomic E-state index is 0.0171. The van der Waals surface area contributed by atoms with Gasteiger partial charge in [0, 0.05) is 24.2 Å². The predicted molar refractivity (Wildman–Crippen MR) is 98.2 cm³/mol. The van der Waals surface area contributed by atoms with Gasteiger partial charge in [-0.1, -0.05) is 18.2 Å². The van der Waals surface area contributed by atoms with E-state index in [1.807, 2.05) is 12.1 Å². The maximum atomic E-state index is 13.2. The van der Waals surface area contributed by atoms with Crippen molar-refractivity contribution in [2.75, 3.05) is 19.0 Å². The summed E-state index contributed by atoms with van der Waals surface area (Å²) in [7, 11) is -2.52. The van der Waals surface area contributed by atoms with Gasteiger partial charge in [-0.3, -0.25) is 10.1 Å². The Hall–Kier alpha value is -2.71. The highest BCUT2D eigenvalue weighted by atomic mass is 32.2. The molecule has 1 unspecified atom stereocenters. The number of hydrogen-bond donors (Lipinski definition) is 1. The summed E-state index contributed by atoms with van der Waals surface area (Å²) in [6.45, 7) is 0.332. The number of sulfonamides is 1. The monoisotopic (exact) mass is 386 g/mol. The highest BCUT2D eigenvalue weighted by molar-refractivity contribution is 7.89. The van der Waals surface area contributed by atoms with Gasteiger partial charge in [-0.05, 0) is 41.8 Å². The summed E-state index contributed by atoms with van der Waals surface area (Å²) in [5.41, 5.74) is 2.96. The van der Waals surface area contributed by atoms with Gasteiger partial charge in [-0.15, -0.1) is 0 Å². The highest BCUT2D eigenvalue weighted by Crippen LogP contribution is 2.43. The molecule has 1 N–H and O–H groups in total. The van der Waals surface area contributed by atoms with Gasteiger partial charge in [0.05, 0.1) is 18.0 Å². The van der Waals surface area contributed by atoms with Crippen LogP contribution in [0.3, 0.4) is 0 Å². The van der Waals surface area contributed by atoms with Crippen LogP contribution in [0.1, 0.15) is 33.9 Å². The smallest absolute Gasteiger partial charge is 0.411 e. The molecule has 2 aromatic carbocycles. The van der Waals surface area contributed by atoms with Crippen molar-refractivity contribution in [1.29, 1.82) is 0 Å². The molecule has 0 aromatic heterocycles. The zero-order valence-electron chi connectivity index (χ0n) is 14.6. The van der Waals surface area contributed by atoms with Crippen molar-refractivity contribution in [2.45, 2.75) is 23.8 Å². The second kappa shape index (κ2) is 6.47. The van der Waals surface area contributed by atoms with E-state index in [0.29, 0.717) is 24.2 Å². The molecule has 140 valence electrons. The van der Waals surface area contributed by atoms with Crippen LogP contribution in [0.2, 0.25) is 0 Å². The zero-order valence-corrected chi connectivity index (χ0v) is 15.5. The van der Waals surface area contributed by atoms with E-state index in [9.17, 15) is 18.0 Å². The van der Waals surface area contributed by atoms with Crippen LogP contribution < -0.4 is 5.32 Å².